The fourth-order valence-corrected chi connectivity index (χ4v) is 1.84. The number of halogens is 2. The molecule has 1 unspecified atom stereocenters. The Morgan fingerprint density at radius 2 is 2.00 bits per heavy atom. The van der Waals surface area contributed by atoms with Gasteiger partial charge in [-0.15, -0.1) is 0 Å². The van der Waals surface area contributed by atoms with Crippen molar-refractivity contribution >= 4 is 5.97 Å². The Labute approximate surface area is 114 Å². The first-order chi connectivity index (χ1) is 9.45. The summed E-state index contributed by atoms with van der Waals surface area (Å²) in [6, 6.07) is 4.04. The van der Waals surface area contributed by atoms with Gasteiger partial charge in [-0.1, -0.05) is 6.07 Å². The van der Waals surface area contributed by atoms with Gasteiger partial charge < -0.3 is 14.9 Å². The Kier molecular flexibility index (Phi) is 3.85. The van der Waals surface area contributed by atoms with Gasteiger partial charge in [0.1, 0.15) is 17.4 Å². The van der Waals surface area contributed by atoms with E-state index in [0.717, 1.165) is 6.07 Å². The topological polar surface area (TPSA) is 65.5 Å². The first-order valence-electron chi connectivity index (χ1n) is 5.83. The van der Waals surface area contributed by atoms with E-state index >= 15 is 0 Å². The van der Waals surface area contributed by atoms with Crippen LogP contribution in [0.3, 0.4) is 0 Å². The second-order valence-electron chi connectivity index (χ2n) is 4.26. The summed E-state index contributed by atoms with van der Waals surface area (Å²) < 4.78 is 37.4. The molecule has 0 aliphatic carbocycles. The fourth-order valence-electron chi connectivity index (χ4n) is 1.84. The number of carbonyl (C=O) groups is 1. The number of methoxy groups -OCH3 is 1. The highest BCUT2D eigenvalue weighted by Gasteiger charge is 2.23. The minimum atomic E-state index is -1.15. The minimum Gasteiger partial charge on any atom is -0.463 e. The van der Waals surface area contributed by atoms with Gasteiger partial charge in [0.2, 0.25) is 5.76 Å². The number of aryl methyl sites for hydroxylation is 1. The lowest BCUT2D eigenvalue weighted by Crippen LogP contribution is -2.15. The highest BCUT2D eigenvalue weighted by Crippen LogP contribution is 2.28. The van der Waals surface area contributed by atoms with Gasteiger partial charge >= 0.3 is 5.97 Å². The second kappa shape index (κ2) is 5.42. The number of carbonyl (C=O) groups excluding carboxylic acids is 1. The standard InChI is InChI=1S/C14H13F2NO3/c1-7-3-4-8(15)11(12(7)16)13(17)9-5-6-10(20-9)14(18)19-2/h3-6,13H,17H2,1-2H3. The molecule has 0 bridgehead atoms. The van der Waals surface area contributed by atoms with Crippen LogP contribution in [-0.4, -0.2) is 13.1 Å². The van der Waals surface area contributed by atoms with Crippen LogP contribution in [0.2, 0.25) is 0 Å². The molecule has 6 heteroatoms. The molecule has 1 aromatic carbocycles. The van der Waals surface area contributed by atoms with Crippen molar-refractivity contribution in [2.24, 2.45) is 5.73 Å². The van der Waals surface area contributed by atoms with Crippen LogP contribution in [-0.2, 0) is 4.74 Å². The molecule has 0 saturated heterocycles. The molecule has 106 valence electrons. The van der Waals surface area contributed by atoms with E-state index in [1.54, 1.807) is 0 Å². The largest absolute Gasteiger partial charge is 0.463 e. The van der Waals surface area contributed by atoms with Gasteiger partial charge in [0.25, 0.3) is 0 Å². The number of hydrogen-bond donors (Lipinski definition) is 1. The molecule has 2 N–H and O–H groups in total. The van der Waals surface area contributed by atoms with Crippen molar-refractivity contribution in [1.29, 1.82) is 0 Å². The Morgan fingerprint density at radius 1 is 1.30 bits per heavy atom. The van der Waals surface area contributed by atoms with Gasteiger partial charge in [-0.05, 0) is 30.7 Å². The number of furan rings is 1. The van der Waals surface area contributed by atoms with Crippen LogP contribution in [0.1, 0.15) is 33.5 Å². The lowest BCUT2D eigenvalue weighted by molar-refractivity contribution is 0.0562. The van der Waals surface area contributed by atoms with Crippen molar-refractivity contribution in [3.8, 4) is 0 Å². The van der Waals surface area contributed by atoms with Crippen molar-refractivity contribution < 1.29 is 22.7 Å². The third kappa shape index (κ3) is 2.42. The molecule has 1 atom stereocenters. The maximum atomic E-state index is 14.0. The van der Waals surface area contributed by atoms with Crippen molar-refractivity contribution in [2.75, 3.05) is 7.11 Å². The van der Waals surface area contributed by atoms with E-state index in [9.17, 15) is 13.6 Å². The molecule has 0 aliphatic rings. The molecule has 1 heterocycles. The highest BCUT2D eigenvalue weighted by atomic mass is 19.1. The summed E-state index contributed by atoms with van der Waals surface area (Å²) in [6.07, 6.45) is 0. The molecule has 0 saturated carbocycles. The van der Waals surface area contributed by atoms with E-state index in [4.69, 9.17) is 10.2 Å². The SMILES string of the molecule is COC(=O)c1ccc(C(N)c2c(F)ccc(C)c2F)o1. The molecular formula is C14H13F2NO3. The van der Waals surface area contributed by atoms with Crippen molar-refractivity contribution in [3.05, 3.63) is 58.5 Å². The first kappa shape index (κ1) is 14.2. The van der Waals surface area contributed by atoms with Gasteiger partial charge in [-0.3, -0.25) is 0 Å². The molecule has 0 aliphatic heterocycles. The van der Waals surface area contributed by atoms with Crippen LogP contribution in [0.15, 0.2) is 28.7 Å². The summed E-state index contributed by atoms with van der Waals surface area (Å²) in [7, 11) is 1.20. The average molecular weight is 281 g/mol. The zero-order valence-corrected chi connectivity index (χ0v) is 10.9. The van der Waals surface area contributed by atoms with E-state index in [1.165, 1.54) is 32.2 Å². The predicted octanol–water partition coefficient (Wildman–Crippen LogP) is 2.70. The van der Waals surface area contributed by atoms with E-state index in [2.05, 4.69) is 4.74 Å². The summed E-state index contributed by atoms with van der Waals surface area (Å²) in [4.78, 5) is 11.3. The van der Waals surface area contributed by atoms with Crippen LogP contribution in [0.5, 0.6) is 0 Å². The highest BCUT2D eigenvalue weighted by molar-refractivity contribution is 5.86. The van der Waals surface area contributed by atoms with Gasteiger partial charge in [-0.2, -0.15) is 0 Å². The van der Waals surface area contributed by atoms with Gasteiger partial charge in [0.15, 0.2) is 0 Å². The Bertz CT molecular complexity index is 652. The number of hydrogen-bond acceptors (Lipinski definition) is 4. The zero-order valence-electron chi connectivity index (χ0n) is 10.9. The number of rotatable bonds is 3. The van der Waals surface area contributed by atoms with Crippen LogP contribution in [0, 0.1) is 18.6 Å². The van der Waals surface area contributed by atoms with Crippen molar-refractivity contribution in [3.63, 3.8) is 0 Å². The minimum absolute atomic E-state index is 0.0774. The van der Waals surface area contributed by atoms with Gasteiger partial charge in [0, 0.05) is 5.56 Å². The Hall–Kier alpha value is -2.21. The lowest BCUT2D eigenvalue weighted by Gasteiger charge is -2.13. The molecule has 0 fully saturated rings. The lowest BCUT2D eigenvalue weighted by atomic mass is 10.0. The quantitative estimate of drug-likeness (QED) is 0.878. The number of nitrogens with two attached hydrogens (primary N) is 1. The zero-order chi connectivity index (χ0) is 14.9. The van der Waals surface area contributed by atoms with Crippen molar-refractivity contribution in [1.82, 2.24) is 0 Å². The van der Waals surface area contributed by atoms with E-state index in [-0.39, 0.29) is 22.6 Å². The normalized spacial score (nSPS) is 12.2. The second-order valence-corrected chi connectivity index (χ2v) is 4.26. The van der Waals surface area contributed by atoms with Crippen molar-refractivity contribution in [2.45, 2.75) is 13.0 Å². The fraction of sp³-hybridized carbons (Fsp3) is 0.214. The first-order valence-corrected chi connectivity index (χ1v) is 5.83. The Morgan fingerprint density at radius 3 is 2.65 bits per heavy atom. The Balaban J connectivity index is 2.41. The van der Waals surface area contributed by atoms with Gasteiger partial charge in [0.05, 0.1) is 13.2 Å². The molecule has 2 aromatic rings. The molecule has 0 radical (unpaired) electrons. The maximum Gasteiger partial charge on any atom is 0.373 e. The van der Waals surface area contributed by atoms with E-state index in [0.29, 0.717) is 0 Å². The summed E-state index contributed by atoms with van der Waals surface area (Å²) in [5, 5.41) is 0. The molecule has 0 spiro atoms. The molecule has 20 heavy (non-hydrogen) atoms. The van der Waals surface area contributed by atoms with Crippen LogP contribution >= 0.6 is 0 Å². The monoisotopic (exact) mass is 281 g/mol. The van der Waals surface area contributed by atoms with E-state index in [1.807, 2.05) is 0 Å². The number of esters is 1. The molecular weight excluding hydrogens is 268 g/mol. The van der Waals surface area contributed by atoms with Crippen LogP contribution < -0.4 is 5.73 Å². The maximum absolute atomic E-state index is 14.0. The summed E-state index contributed by atoms with van der Waals surface area (Å²) in [5.74, 6) is -2.18. The molecule has 1 aromatic heterocycles. The number of ether oxygens (including phenoxy) is 1. The number of benzene rings is 1. The summed E-state index contributed by atoms with van der Waals surface area (Å²) in [6.45, 7) is 1.51. The van der Waals surface area contributed by atoms with Crippen LogP contribution in [0.25, 0.3) is 0 Å². The summed E-state index contributed by atoms with van der Waals surface area (Å²) >= 11 is 0. The van der Waals surface area contributed by atoms with Crippen LogP contribution in [0.4, 0.5) is 8.78 Å². The smallest absolute Gasteiger partial charge is 0.373 e. The van der Waals surface area contributed by atoms with Gasteiger partial charge in [-0.25, -0.2) is 13.6 Å². The third-order valence-electron chi connectivity index (χ3n) is 2.95. The molecule has 2 rings (SSSR count). The predicted molar refractivity (Wildman–Crippen MR) is 67.2 cm³/mol. The molecule has 0 amide bonds. The molecule has 4 nitrogen and oxygen atoms in total. The van der Waals surface area contributed by atoms with E-state index < -0.39 is 23.6 Å². The summed E-state index contributed by atoms with van der Waals surface area (Å²) in [5.41, 5.74) is 5.79. The average Bonchev–Trinajstić information content (AvgIpc) is 2.92. The third-order valence-corrected chi connectivity index (χ3v) is 2.95.